The summed E-state index contributed by atoms with van der Waals surface area (Å²) >= 11 is 0. The van der Waals surface area contributed by atoms with E-state index >= 15 is 0 Å². The quantitative estimate of drug-likeness (QED) is 0.258. The van der Waals surface area contributed by atoms with Gasteiger partial charge in [0, 0.05) is 12.1 Å². The zero-order valence-electron chi connectivity index (χ0n) is 22.2. The van der Waals surface area contributed by atoms with Crippen LogP contribution >= 0.6 is 0 Å². The number of alkyl carbamates (subject to hydrolysis) is 1. The molecule has 1 amide bonds. The maximum absolute atomic E-state index is 13.8. The maximum Gasteiger partial charge on any atom is 0.419 e. The first kappa shape index (κ1) is 29.1. The largest absolute Gasteiger partial charge is 0.489 e. The first-order valence-corrected chi connectivity index (χ1v) is 12.7. The number of nitrogens with zero attached hydrogens (tertiary/aromatic N) is 3. The first-order valence-electron chi connectivity index (χ1n) is 12.7. The molecule has 0 unspecified atom stereocenters. The van der Waals surface area contributed by atoms with Crippen LogP contribution in [0.3, 0.4) is 0 Å². The number of aromatic nitrogens is 2. The number of ether oxygens (including phenoxy) is 2. The van der Waals surface area contributed by atoms with Crippen LogP contribution in [0.5, 0.6) is 5.75 Å². The average Bonchev–Trinajstić information content (AvgIpc) is 3.49. The fraction of sp³-hybridized carbons (Fsp3) is 0.519. The number of carbonyl (C=O) groups excluding carboxylic acids is 1. The van der Waals surface area contributed by atoms with E-state index in [1.807, 2.05) is 6.08 Å². The SMILES string of the molecule is C=C(NC(=O)OC(C)(C)C)N1CCC[C@H]1c1nc(-c2ccc(OC/C=C/CCCC)c(C(F)(F)F)c2)no1. The molecule has 8 nitrogen and oxygen atoms in total. The number of allylic oxidation sites excluding steroid dienone is 1. The summed E-state index contributed by atoms with van der Waals surface area (Å²) in [5, 5.41) is 6.53. The van der Waals surface area contributed by atoms with Gasteiger partial charge in [-0.15, -0.1) is 0 Å². The molecule has 2 heterocycles. The predicted octanol–water partition coefficient (Wildman–Crippen LogP) is 7.01. The van der Waals surface area contributed by atoms with Crippen molar-refractivity contribution in [3.05, 3.63) is 54.2 Å². The summed E-state index contributed by atoms with van der Waals surface area (Å²) in [6, 6.07) is 3.31. The Morgan fingerprint density at radius 3 is 2.74 bits per heavy atom. The van der Waals surface area contributed by atoms with E-state index in [0.717, 1.165) is 31.7 Å². The fourth-order valence-electron chi connectivity index (χ4n) is 3.99. The van der Waals surface area contributed by atoms with Crippen LogP contribution in [0.15, 0.2) is 47.3 Å². The molecule has 0 aliphatic carbocycles. The second kappa shape index (κ2) is 12.4. The molecular weight excluding hydrogens is 501 g/mol. The number of hydrogen-bond donors (Lipinski definition) is 1. The van der Waals surface area contributed by atoms with Gasteiger partial charge in [0.05, 0.1) is 5.56 Å². The molecule has 1 fully saturated rings. The summed E-state index contributed by atoms with van der Waals surface area (Å²) in [4.78, 5) is 18.3. The Labute approximate surface area is 220 Å². The van der Waals surface area contributed by atoms with Crippen LogP contribution in [0.2, 0.25) is 0 Å². The molecule has 0 spiro atoms. The molecule has 1 atom stereocenters. The molecule has 3 rings (SSSR count). The minimum atomic E-state index is -4.63. The van der Waals surface area contributed by atoms with Crippen molar-refractivity contribution in [2.45, 2.75) is 77.6 Å². The summed E-state index contributed by atoms with van der Waals surface area (Å²) in [5.41, 5.74) is -1.44. The Kier molecular flexibility index (Phi) is 9.45. The van der Waals surface area contributed by atoms with E-state index in [4.69, 9.17) is 14.0 Å². The van der Waals surface area contributed by atoms with E-state index in [-0.39, 0.29) is 35.7 Å². The number of amides is 1. The Balaban J connectivity index is 1.74. The standard InChI is InChI=1S/C27H35F3N4O4/c1-6-7-8-9-10-16-36-22-14-13-19(17-20(22)27(28,29)30)23-32-24(38-33-23)21-12-11-15-34(21)18(2)31-25(35)37-26(3,4)5/h9-10,13-14,17,21H,2,6-8,11-12,15-16H2,1,3-5H3,(H,31,35)/b10-9+/t21-/m0/s1. The van der Waals surface area contributed by atoms with Gasteiger partial charge >= 0.3 is 12.3 Å². The zero-order valence-corrected chi connectivity index (χ0v) is 22.2. The topological polar surface area (TPSA) is 89.7 Å². The first-order chi connectivity index (χ1) is 17.9. The highest BCUT2D eigenvalue weighted by Crippen LogP contribution is 2.39. The molecule has 11 heteroatoms. The highest BCUT2D eigenvalue weighted by atomic mass is 19.4. The van der Waals surface area contributed by atoms with Crippen LogP contribution in [0.25, 0.3) is 11.4 Å². The normalized spacial score (nSPS) is 16.2. The number of benzene rings is 1. The molecule has 1 saturated heterocycles. The Bertz CT molecular complexity index is 1140. The summed E-state index contributed by atoms with van der Waals surface area (Å²) in [5.74, 6) is 0.285. The van der Waals surface area contributed by atoms with Crippen molar-refractivity contribution in [2.24, 2.45) is 0 Å². The van der Waals surface area contributed by atoms with Crippen molar-refractivity contribution in [1.29, 1.82) is 0 Å². The van der Waals surface area contributed by atoms with Crippen molar-refractivity contribution >= 4 is 6.09 Å². The summed E-state index contributed by atoms with van der Waals surface area (Å²) in [6.07, 6.45) is 2.67. The maximum atomic E-state index is 13.8. The molecule has 1 aromatic carbocycles. The van der Waals surface area contributed by atoms with Crippen molar-refractivity contribution in [3.8, 4) is 17.1 Å². The Morgan fingerprint density at radius 2 is 2.05 bits per heavy atom. The monoisotopic (exact) mass is 536 g/mol. The number of hydrogen-bond acceptors (Lipinski definition) is 7. The third kappa shape index (κ3) is 8.00. The molecule has 0 saturated carbocycles. The predicted molar refractivity (Wildman–Crippen MR) is 136 cm³/mol. The van der Waals surface area contributed by atoms with E-state index in [0.29, 0.717) is 18.8 Å². The van der Waals surface area contributed by atoms with Gasteiger partial charge in [0.15, 0.2) is 0 Å². The molecule has 1 aliphatic heterocycles. The van der Waals surface area contributed by atoms with Crippen LogP contribution in [-0.2, 0) is 10.9 Å². The van der Waals surface area contributed by atoms with E-state index in [1.165, 1.54) is 12.1 Å². The lowest BCUT2D eigenvalue weighted by Crippen LogP contribution is -2.37. The van der Waals surface area contributed by atoms with Crippen molar-refractivity contribution in [2.75, 3.05) is 13.2 Å². The molecule has 208 valence electrons. The number of alkyl halides is 3. The van der Waals surface area contributed by atoms with E-state index < -0.39 is 23.4 Å². The smallest absolute Gasteiger partial charge is 0.419 e. The Morgan fingerprint density at radius 1 is 1.29 bits per heavy atom. The van der Waals surface area contributed by atoms with Crippen LogP contribution in [0.4, 0.5) is 18.0 Å². The van der Waals surface area contributed by atoms with Crippen LogP contribution < -0.4 is 10.1 Å². The lowest BCUT2D eigenvalue weighted by molar-refractivity contribution is -0.138. The van der Waals surface area contributed by atoms with Crippen molar-refractivity contribution in [1.82, 2.24) is 20.4 Å². The molecule has 38 heavy (non-hydrogen) atoms. The van der Waals surface area contributed by atoms with Crippen molar-refractivity contribution < 1.29 is 32.0 Å². The fourth-order valence-corrected chi connectivity index (χ4v) is 3.99. The number of halogens is 3. The van der Waals surface area contributed by atoms with Gasteiger partial charge in [-0.3, -0.25) is 5.32 Å². The van der Waals surface area contributed by atoms with E-state index in [9.17, 15) is 18.0 Å². The van der Waals surface area contributed by atoms with Gasteiger partial charge in [-0.2, -0.15) is 18.2 Å². The minimum Gasteiger partial charge on any atom is -0.489 e. The Hall–Kier alpha value is -3.50. The number of nitrogens with one attached hydrogen (secondary N) is 1. The highest BCUT2D eigenvalue weighted by Gasteiger charge is 2.36. The second-order valence-electron chi connectivity index (χ2n) is 10.0. The molecule has 0 bridgehead atoms. The van der Waals surface area contributed by atoms with Crippen LogP contribution in [0, 0.1) is 0 Å². The number of carbonyl (C=O) groups is 1. The van der Waals surface area contributed by atoms with E-state index in [2.05, 4.69) is 29.0 Å². The lowest BCUT2D eigenvalue weighted by atomic mass is 10.1. The molecule has 1 N–H and O–H groups in total. The van der Waals surface area contributed by atoms with Crippen molar-refractivity contribution in [3.63, 3.8) is 0 Å². The van der Waals surface area contributed by atoms with Gasteiger partial charge in [0.2, 0.25) is 11.7 Å². The molecular formula is C27H35F3N4O4. The van der Waals surface area contributed by atoms with Crippen LogP contribution in [-0.4, -0.2) is 39.9 Å². The van der Waals surface area contributed by atoms with Gasteiger partial charge in [0.25, 0.3) is 0 Å². The molecule has 1 aliphatic rings. The average molecular weight is 537 g/mol. The lowest BCUT2D eigenvalue weighted by Gasteiger charge is -2.27. The van der Waals surface area contributed by atoms with Gasteiger partial charge in [0.1, 0.15) is 29.8 Å². The van der Waals surface area contributed by atoms with Gasteiger partial charge < -0.3 is 18.9 Å². The van der Waals surface area contributed by atoms with Gasteiger partial charge in [-0.05, 0) is 58.2 Å². The summed E-state index contributed by atoms with van der Waals surface area (Å²) in [7, 11) is 0. The summed E-state index contributed by atoms with van der Waals surface area (Å²) < 4.78 is 57.5. The molecule has 0 radical (unpaired) electrons. The zero-order chi connectivity index (χ0) is 27.9. The number of rotatable bonds is 10. The van der Waals surface area contributed by atoms with Gasteiger partial charge in [-0.1, -0.05) is 43.7 Å². The third-order valence-corrected chi connectivity index (χ3v) is 5.74. The minimum absolute atomic E-state index is 0.0223. The highest BCUT2D eigenvalue weighted by molar-refractivity contribution is 5.69. The second-order valence-corrected chi connectivity index (χ2v) is 10.0. The molecule has 1 aromatic heterocycles. The number of unbranched alkanes of at least 4 members (excludes halogenated alkanes) is 2. The van der Waals surface area contributed by atoms with Gasteiger partial charge in [-0.25, -0.2) is 4.79 Å². The molecule has 2 aromatic rings. The number of likely N-dealkylation sites (tertiary alicyclic amines) is 1. The summed E-state index contributed by atoms with van der Waals surface area (Å²) in [6.45, 7) is 11.9. The van der Waals surface area contributed by atoms with E-state index in [1.54, 1.807) is 31.7 Å². The van der Waals surface area contributed by atoms with Crippen LogP contribution in [0.1, 0.15) is 77.3 Å². The third-order valence-electron chi connectivity index (χ3n) is 5.74.